The van der Waals surface area contributed by atoms with Crippen LogP contribution >= 0.6 is 34.5 Å². The van der Waals surface area contributed by atoms with E-state index in [0.717, 1.165) is 17.6 Å². The lowest BCUT2D eigenvalue weighted by atomic mass is 10.3. The molecule has 0 radical (unpaired) electrons. The van der Waals surface area contributed by atoms with E-state index < -0.39 is 11.9 Å². The van der Waals surface area contributed by atoms with Crippen molar-refractivity contribution >= 4 is 34.5 Å². The van der Waals surface area contributed by atoms with Gasteiger partial charge in [-0.25, -0.2) is 0 Å². The lowest BCUT2D eigenvalue weighted by Crippen LogP contribution is -2.04. The average Bonchev–Trinajstić information content (AvgIpc) is 2.82. The van der Waals surface area contributed by atoms with Crippen molar-refractivity contribution in [2.75, 3.05) is 0 Å². The second-order valence-corrected chi connectivity index (χ2v) is 5.26. The van der Waals surface area contributed by atoms with Crippen molar-refractivity contribution in [1.82, 2.24) is 4.37 Å². The first kappa shape index (κ1) is 12.4. The van der Waals surface area contributed by atoms with Gasteiger partial charge in [0.1, 0.15) is 4.34 Å². The minimum atomic E-state index is -4.42. The van der Waals surface area contributed by atoms with Crippen molar-refractivity contribution in [1.29, 1.82) is 0 Å². The van der Waals surface area contributed by atoms with Crippen molar-refractivity contribution in [3.63, 3.8) is 0 Å². The fourth-order valence-corrected chi connectivity index (χ4v) is 2.43. The van der Waals surface area contributed by atoms with Crippen LogP contribution in [0.2, 0.25) is 4.34 Å². The van der Waals surface area contributed by atoms with E-state index in [0.29, 0.717) is 9.90 Å². The number of halogens is 4. The summed E-state index contributed by atoms with van der Waals surface area (Å²) in [6, 6.07) is 2.64. The molecule has 88 valence electrons. The maximum atomic E-state index is 12.3. The van der Waals surface area contributed by atoms with Crippen molar-refractivity contribution in [2.45, 2.75) is 6.18 Å². The van der Waals surface area contributed by atoms with Crippen molar-refractivity contribution < 1.29 is 13.2 Å². The van der Waals surface area contributed by atoms with Gasteiger partial charge in [-0.05, 0) is 35.0 Å². The minimum Gasteiger partial charge on any atom is -0.187 e. The van der Waals surface area contributed by atoms with Crippen LogP contribution in [0.4, 0.5) is 13.2 Å². The predicted molar refractivity (Wildman–Crippen MR) is 62.4 cm³/mol. The molecular weight excluding hydrogens is 291 g/mol. The molecule has 2 aromatic heterocycles. The molecule has 0 bridgehead atoms. The first-order valence-electron chi connectivity index (χ1n) is 4.26. The maximum Gasteiger partial charge on any atom is 0.434 e. The summed E-state index contributed by atoms with van der Waals surface area (Å²) in [4.78, 5) is 0.264. The van der Waals surface area contributed by atoms with Gasteiger partial charge < -0.3 is 0 Å². The van der Waals surface area contributed by atoms with Gasteiger partial charge in [-0.15, -0.1) is 11.3 Å². The summed E-state index contributed by atoms with van der Waals surface area (Å²) in [5, 5.41) is 1.76. The van der Waals surface area contributed by atoms with Gasteiger partial charge in [0.15, 0.2) is 5.69 Å². The van der Waals surface area contributed by atoms with E-state index in [2.05, 4.69) is 16.2 Å². The van der Waals surface area contributed by atoms with Gasteiger partial charge in [-0.2, -0.15) is 17.5 Å². The Hall–Kier alpha value is -1.03. The van der Waals surface area contributed by atoms with E-state index in [4.69, 9.17) is 11.6 Å². The molecule has 0 saturated carbocycles. The van der Waals surface area contributed by atoms with Crippen LogP contribution in [0.3, 0.4) is 0 Å². The molecule has 2 rings (SSSR count). The van der Waals surface area contributed by atoms with Gasteiger partial charge in [-0.3, -0.25) is 0 Å². The summed E-state index contributed by atoms with van der Waals surface area (Å²) in [5.74, 6) is 5.31. The molecule has 0 aliphatic heterocycles. The van der Waals surface area contributed by atoms with E-state index in [1.54, 1.807) is 11.4 Å². The third kappa shape index (κ3) is 3.00. The molecule has 0 saturated heterocycles. The van der Waals surface area contributed by atoms with Crippen LogP contribution in [-0.4, -0.2) is 4.37 Å². The molecule has 0 aliphatic rings. The van der Waals surface area contributed by atoms with E-state index >= 15 is 0 Å². The van der Waals surface area contributed by atoms with Gasteiger partial charge in [0, 0.05) is 0 Å². The SMILES string of the molecule is FC(F)(F)c1cc(C#Cc2ccsc2Cl)sn1. The van der Waals surface area contributed by atoms with Crippen LogP contribution in [0.15, 0.2) is 17.5 Å². The molecule has 0 aromatic carbocycles. The fourth-order valence-electron chi connectivity index (χ4n) is 0.978. The van der Waals surface area contributed by atoms with Crippen LogP contribution in [0.1, 0.15) is 16.1 Å². The molecule has 0 N–H and O–H groups in total. The highest BCUT2D eigenvalue weighted by molar-refractivity contribution is 7.14. The highest BCUT2D eigenvalue weighted by Gasteiger charge is 2.33. The molecule has 2 aromatic rings. The molecule has 2 heterocycles. The zero-order valence-corrected chi connectivity index (χ0v) is 10.4. The van der Waals surface area contributed by atoms with Crippen molar-refractivity contribution in [3.8, 4) is 11.8 Å². The molecule has 0 fully saturated rings. The van der Waals surface area contributed by atoms with Gasteiger partial charge in [0.25, 0.3) is 0 Å². The molecule has 0 spiro atoms. The summed E-state index contributed by atoms with van der Waals surface area (Å²) >= 11 is 7.85. The van der Waals surface area contributed by atoms with E-state index in [9.17, 15) is 13.2 Å². The molecule has 17 heavy (non-hydrogen) atoms. The smallest absolute Gasteiger partial charge is 0.187 e. The normalized spacial score (nSPS) is 11.1. The predicted octanol–water partition coefficient (Wildman–Crippen LogP) is 4.28. The highest BCUT2D eigenvalue weighted by Crippen LogP contribution is 2.29. The summed E-state index contributed by atoms with van der Waals surface area (Å²) in [6.45, 7) is 0. The minimum absolute atomic E-state index is 0.264. The van der Waals surface area contributed by atoms with Crippen LogP contribution in [0.5, 0.6) is 0 Å². The van der Waals surface area contributed by atoms with Crippen molar-refractivity contribution in [2.24, 2.45) is 0 Å². The lowest BCUT2D eigenvalue weighted by Gasteiger charge is -1.98. The first-order valence-corrected chi connectivity index (χ1v) is 6.29. The summed E-state index contributed by atoms with van der Waals surface area (Å²) in [6.07, 6.45) is -4.42. The number of alkyl halides is 3. The van der Waals surface area contributed by atoms with Gasteiger partial charge in [0.05, 0.1) is 10.4 Å². The summed E-state index contributed by atoms with van der Waals surface area (Å²) < 4.78 is 40.6. The van der Waals surface area contributed by atoms with E-state index in [1.165, 1.54) is 11.3 Å². The molecule has 7 heteroatoms. The van der Waals surface area contributed by atoms with E-state index in [-0.39, 0.29) is 4.88 Å². The van der Waals surface area contributed by atoms with Gasteiger partial charge >= 0.3 is 6.18 Å². The van der Waals surface area contributed by atoms with Gasteiger partial charge in [0.2, 0.25) is 0 Å². The molecular formula is C10H3ClF3NS2. The number of hydrogen-bond donors (Lipinski definition) is 0. The van der Waals surface area contributed by atoms with Crippen LogP contribution < -0.4 is 0 Å². The lowest BCUT2D eigenvalue weighted by molar-refractivity contribution is -0.140. The molecule has 0 amide bonds. The third-order valence-electron chi connectivity index (χ3n) is 1.74. The largest absolute Gasteiger partial charge is 0.434 e. The van der Waals surface area contributed by atoms with Crippen LogP contribution in [-0.2, 0) is 6.18 Å². The third-order valence-corrected chi connectivity index (χ3v) is 3.61. The number of thiophene rings is 1. The Labute approximate surface area is 108 Å². The van der Waals surface area contributed by atoms with Crippen LogP contribution in [0, 0.1) is 11.8 Å². The molecule has 0 atom stereocenters. The zero-order valence-electron chi connectivity index (χ0n) is 8.01. The average molecular weight is 294 g/mol. The Bertz CT molecular complexity index is 588. The number of nitrogens with zero attached hydrogens (tertiary/aromatic N) is 1. The molecule has 0 unspecified atom stereocenters. The number of rotatable bonds is 0. The summed E-state index contributed by atoms with van der Waals surface area (Å²) in [7, 11) is 0. The summed E-state index contributed by atoms with van der Waals surface area (Å²) in [5.41, 5.74) is -0.304. The Kier molecular flexibility index (Phi) is 3.43. The van der Waals surface area contributed by atoms with Gasteiger partial charge in [-0.1, -0.05) is 17.5 Å². The molecule has 0 aliphatic carbocycles. The first-order chi connectivity index (χ1) is 7.97. The molecule has 1 nitrogen and oxygen atoms in total. The number of aromatic nitrogens is 1. The second kappa shape index (κ2) is 4.69. The highest BCUT2D eigenvalue weighted by atomic mass is 35.5. The Balaban J connectivity index is 2.24. The van der Waals surface area contributed by atoms with Crippen LogP contribution in [0.25, 0.3) is 0 Å². The topological polar surface area (TPSA) is 12.9 Å². The second-order valence-electron chi connectivity index (χ2n) is 2.93. The Morgan fingerprint density at radius 3 is 2.59 bits per heavy atom. The Morgan fingerprint density at radius 1 is 1.29 bits per heavy atom. The monoisotopic (exact) mass is 293 g/mol. The fraction of sp³-hybridized carbons (Fsp3) is 0.100. The van der Waals surface area contributed by atoms with E-state index in [1.807, 2.05) is 0 Å². The zero-order chi connectivity index (χ0) is 12.5. The Morgan fingerprint density at radius 2 is 2.06 bits per heavy atom. The maximum absolute atomic E-state index is 12.3. The quantitative estimate of drug-likeness (QED) is 0.661. The van der Waals surface area contributed by atoms with Crippen molar-refractivity contribution in [3.05, 3.63) is 38.0 Å². The standard InChI is InChI=1S/C10H3ClF3NS2/c11-9-6(3-4-16-9)1-2-7-5-8(15-17-7)10(12,13)14/h3-5H. The number of hydrogen-bond acceptors (Lipinski definition) is 3.